The predicted molar refractivity (Wildman–Crippen MR) is 56.6 cm³/mol. The van der Waals surface area contributed by atoms with Crippen molar-refractivity contribution in [1.29, 1.82) is 15.8 Å². The van der Waals surface area contributed by atoms with Gasteiger partial charge in [0.2, 0.25) is 0 Å². The minimum absolute atomic E-state index is 0.0443. The lowest BCUT2D eigenvalue weighted by Gasteiger charge is -2.21. The number of hydrogen-bond acceptors (Lipinski definition) is 4. The Bertz CT molecular complexity index is 480. The van der Waals surface area contributed by atoms with E-state index in [2.05, 4.69) is 6.07 Å². The molecule has 1 aliphatic heterocycles. The molecule has 80 valence electrons. The number of rotatable bonds is 1. The van der Waals surface area contributed by atoms with Crippen LogP contribution in [0.4, 0.5) is 0 Å². The molecule has 0 aromatic rings. The summed E-state index contributed by atoms with van der Waals surface area (Å²) in [5.41, 5.74) is 0.315. The van der Waals surface area contributed by atoms with Crippen LogP contribution in [0.1, 0.15) is 20.8 Å². The summed E-state index contributed by atoms with van der Waals surface area (Å²) in [6.45, 7) is 5.35. The number of nitriles is 3. The van der Waals surface area contributed by atoms with Gasteiger partial charge in [-0.1, -0.05) is 0 Å². The van der Waals surface area contributed by atoms with E-state index in [4.69, 9.17) is 20.5 Å². The van der Waals surface area contributed by atoms with E-state index in [1.54, 1.807) is 19.1 Å². The topological polar surface area (TPSA) is 80.6 Å². The molecule has 2 atom stereocenters. The third kappa shape index (κ3) is 1.82. The highest BCUT2D eigenvalue weighted by Gasteiger charge is 2.39. The van der Waals surface area contributed by atoms with Crippen molar-refractivity contribution in [2.45, 2.75) is 32.5 Å². The van der Waals surface area contributed by atoms with Crippen molar-refractivity contribution in [3.63, 3.8) is 0 Å². The van der Waals surface area contributed by atoms with Crippen LogP contribution in [0.15, 0.2) is 22.8 Å². The molecular formula is C12H11N3O. The lowest BCUT2D eigenvalue weighted by atomic mass is 9.92. The van der Waals surface area contributed by atoms with E-state index in [-0.39, 0.29) is 11.7 Å². The van der Waals surface area contributed by atoms with E-state index in [0.29, 0.717) is 5.57 Å². The fraction of sp³-hybridized carbons (Fsp3) is 0.417. The number of nitrogens with zero attached hydrogens (tertiary/aromatic N) is 3. The Morgan fingerprint density at radius 2 is 1.94 bits per heavy atom. The maximum atomic E-state index is 9.07. The molecule has 0 aromatic heterocycles. The normalized spacial score (nSPS) is 27.9. The molecule has 0 aromatic carbocycles. The standard InChI is InChI=1S/C12H11N3O/c1-8-9(2)16-12(3,11(8)7-15)4-10(5-13)6-14/h4,9H,1-3H3. The van der Waals surface area contributed by atoms with Gasteiger partial charge < -0.3 is 4.74 Å². The van der Waals surface area contributed by atoms with Gasteiger partial charge in [-0.15, -0.1) is 0 Å². The van der Waals surface area contributed by atoms with Crippen LogP contribution in [0.25, 0.3) is 0 Å². The smallest absolute Gasteiger partial charge is 0.128 e. The highest BCUT2D eigenvalue weighted by Crippen LogP contribution is 2.36. The Morgan fingerprint density at radius 1 is 1.38 bits per heavy atom. The van der Waals surface area contributed by atoms with Crippen molar-refractivity contribution < 1.29 is 4.74 Å². The minimum atomic E-state index is -0.959. The molecule has 4 heteroatoms. The van der Waals surface area contributed by atoms with Crippen molar-refractivity contribution >= 4 is 0 Å². The van der Waals surface area contributed by atoms with Crippen molar-refractivity contribution in [2.75, 3.05) is 0 Å². The Labute approximate surface area is 94.7 Å². The molecule has 0 spiro atoms. The van der Waals surface area contributed by atoms with Crippen LogP contribution < -0.4 is 0 Å². The third-order valence-electron chi connectivity index (χ3n) is 2.69. The molecule has 1 aliphatic rings. The Balaban J connectivity index is 3.27. The van der Waals surface area contributed by atoms with Gasteiger partial charge in [0.25, 0.3) is 0 Å². The van der Waals surface area contributed by atoms with Gasteiger partial charge >= 0.3 is 0 Å². The van der Waals surface area contributed by atoms with Crippen LogP contribution >= 0.6 is 0 Å². The lowest BCUT2D eigenvalue weighted by Crippen LogP contribution is -2.25. The van der Waals surface area contributed by atoms with Gasteiger partial charge in [0.1, 0.15) is 23.3 Å². The first kappa shape index (κ1) is 12.0. The summed E-state index contributed by atoms with van der Waals surface area (Å²) in [5, 5.41) is 26.5. The first-order valence-corrected chi connectivity index (χ1v) is 4.80. The first-order valence-electron chi connectivity index (χ1n) is 4.80. The van der Waals surface area contributed by atoms with Crippen LogP contribution in [0, 0.1) is 34.0 Å². The van der Waals surface area contributed by atoms with Gasteiger partial charge in [0.05, 0.1) is 17.7 Å². The summed E-state index contributed by atoms with van der Waals surface area (Å²) in [4.78, 5) is 0. The Kier molecular flexibility index (Phi) is 3.14. The molecule has 0 aliphatic carbocycles. The van der Waals surface area contributed by atoms with Gasteiger partial charge in [0.15, 0.2) is 0 Å². The number of allylic oxidation sites excluding steroid dienone is 1. The summed E-state index contributed by atoms with van der Waals surface area (Å²) in [6, 6.07) is 5.61. The molecule has 0 bridgehead atoms. The van der Waals surface area contributed by atoms with Crippen LogP contribution in [-0.2, 0) is 4.74 Å². The molecule has 2 unspecified atom stereocenters. The van der Waals surface area contributed by atoms with E-state index < -0.39 is 5.60 Å². The average molecular weight is 213 g/mol. The number of hydrogen-bond donors (Lipinski definition) is 0. The Morgan fingerprint density at radius 3 is 2.38 bits per heavy atom. The molecule has 1 heterocycles. The van der Waals surface area contributed by atoms with Gasteiger partial charge in [-0.3, -0.25) is 0 Å². The zero-order valence-electron chi connectivity index (χ0n) is 9.40. The number of ether oxygens (including phenoxy) is 1. The van der Waals surface area contributed by atoms with Crippen molar-refractivity contribution in [2.24, 2.45) is 0 Å². The quantitative estimate of drug-likeness (QED) is 0.623. The summed E-state index contributed by atoms with van der Waals surface area (Å²) in [6.07, 6.45) is 1.23. The third-order valence-corrected chi connectivity index (χ3v) is 2.69. The van der Waals surface area contributed by atoms with E-state index in [0.717, 1.165) is 5.57 Å². The van der Waals surface area contributed by atoms with Gasteiger partial charge in [-0.25, -0.2) is 0 Å². The van der Waals surface area contributed by atoms with Crippen LogP contribution in [0.3, 0.4) is 0 Å². The molecular weight excluding hydrogens is 202 g/mol. The van der Waals surface area contributed by atoms with Crippen molar-refractivity contribution in [3.05, 3.63) is 22.8 Å². The maximum Gasteiger partial charge on any atom is 0.128 e. The second-order valence-electron chi connectivity index (χ2n) is 3.82. The second-order valence-corrected chi connectivity index (χ2v) is 3.82. The zero-order valence-corrected chi connectivity index (χ0v) is 9.40. The summed E-state index contributed by atoms with van der Waals surface area (Å²) >= 11 is 0. The highest BCUT2D eigenvalue weighted by molar-refractivity contribution is 5.49. The fourth-order valence-corrected chi connectivity index (χ4v) is 1.78. The second kappa shape index (κ2) is 4.19. The first-order chi connectivity index (χ1) is 7.48. The zero-order chi connectivity index (χ0) is 12.3. The molecule has 0 fully saturated rings. The monoisotopic (exact) mass is 213 g/mol. The largest absolute Gasteiger partial charge is 0.358 e. The molecule has 16 heavy (non-hydrogen) atoms. The molecule has 0 saturated heterocycles. The molecule has 0 N–H and O–H groups in total. The van der Waals surface area contributed by atoms with E-state index in [9.17, 15) is 0 Å². The van der Waals surface area contributed by atoms with E-state index in [1.807, 2.05) is 13.8 Å². The lowest BCUT2D eigenvalue weighted by molar-refractivity contribution is 0.0240. The molecule has 1 rings (SSSR count). The van der Waals surface area contributed by atoms with E-state index >= 15 is 0 Å². The SMILES string of the molecule is CC1=C(C#N)C(C)(C=C(C#N)C#N)OC1C. The van der Waals surface area contributed by atoms with Crippen molar-refractivity contribution in [1.82, 2.24) is 0 Å². The molecule has 0 saturated carbocycles. The summed E-state index contributed by atoms with van der Waals surface area (Å²) in [7, 11) is 0. The van der Waals surface area contributed by atoms with Gasteiger partial charge in [-0.2, -0.15) is 15.8 Å². The average Bonchev–Trinajstić information content (AvgIpc) is 2.46. The predicted octanol–water partition coefficient (Wildman–Crippen LogP) is 1.98. The van der Waals surface area contributed by atoms with Gasteiger partial charge in [0, 0.05) is 0 Å². The van der Waals surface area contributed by atoms with Crippen molar-refractivity contribution in [3.8, 4) is 18.2 Å². The summed E-state index contributed by atoms with van der Waals surface area (Å²) < 4.78 is 5.62. The maximum absolute atomic E-state index is 9.07. The molecule has 0 amide bonds. The minimum Gasteiger partial charge on any atom is -0.358 e. The fourth-order valence-electron chi connectivity index (χ4n) is 1.78. The Hall–Kier alpha value is -2.09. The molecule has 4 nitrogen and oxygen atoms in total. The highest BCUT2D eigenvalue weighted by atomic mass is 16.5. The van der Waals surface area contributed by atoms with Crippen LogP contribution in [-0.4, -0.2) is 11.7 Å². The van der Waals surface area contributed by atoms with Crippen LogP contribution in [0.2, 0.25) is 0 Å². The summed E-state index contributed by atoms with van der Waals surface area (Å²) in [5.74, 6) is 0. The molecule has 0 radical (unpaired) electrons. The van der Waals surface area contributed by atoms with E-state index in [1.165, 1.54) is 6.08 Å². The van der Waals surface area contributed by atoms with Gasteiger partial charge in [-0.05, 0) is 32.4 Å². The van der Waals surface area contributed by atoms with Crippen LogP contribution in [0.5, 0.6) is 0 Å².